The molecule has 1 aliphatic rings. The summed E-state index contributed by atoms with van der Waals surface area (Å²) in [7, 11) is -8.19. The monoisotopic (exact) mass is 530 g/mol. The average molecular weight is 531 g/mol. The summed E-state index contributed by atoms with van der Waals surface area (Å²) < 4.78 is 61.5. The first kappa shape index (κ1) is 27.7. The Hall–Kier alpha value is -1.90. The highest BCUT2D eigenvalue weighted by atomic mass is 32.2. The molecule has 1 unspecified atom stereocenters. The zero-order valence-electron chi connectivity index (χ0n) is 19.5. The van der Waals surface area contributed by atoms with E-state index in [0.29, 0.717) is 23.6 Å². The zero-order chi connectivity index (χ0) is 26.3. The number of hydrogen-bond donors (Lipinski definition) is 4. The van der Waals surface area contributed by atoms with Crippen LogP contribution < -0.4 is 0 Å². The Morgan fingerprint density at radius 3 is 1.74 bits per heavy atom. The third-order valence-corrected chi connectivity index (χ3v) is 9.28. The van der Waals surface area contributed by atoms with E-state index in [0.717, 1.165) is 7.11 Å². The van der Waals surface area contributed by atoms with Gasteiger partial charge in [-0.2, -0.15) is 0 Å². The molecule has 3 rings (SSSR count). The van der Waals surface area contributed by atoms with Gasteiger partial charge >= 0.3 is 0 Å². The maximum atomic E-state index is 13.1. The molecule has 2 aromatic rings. The second-order valence-corrected chi connectivity index (χ2v) is 13.2. The van der Waals surface area contributed by atoms with Crippen molar-refractivity contribution in [1.82, 2.24) is 0 Å². The minimum absolute atomic E-state index is 0.313. The first-order valence-electron chi connectivity index (χ1n) is 10.6. The van der Waals surface area contributed by atoms with Crippen LogP contribution in [0.1, 0.15) is 11.1 Å². The molecule has 1 aliphatic heterocycles. The molecule has 0 saturated carbocycles. The lowest BCUT2D eigenvalue weighted by Crippen LogP contribution is -2.84. The van der Waals surface area contributed by atoms with Gasteiger partial charge in [0.2, 0.25) is 4.93 Å². The molecule has 1 heterocycles. The number of rotatable bonds is 8. The van der Waals surface area contributed by atoms with E-state index in [1.165, 1.54) is 12.1 Å². The number of hydrogen-bond acceptors (Lipinski definition) is 10. The van der Waals surface area contributed by atoms with E-state index < -0.39 is 66.5 Å². The molecule has 0 aromatic heterocycles. The van der Waals surface area contributed by atoms with Crippen molar-refractivity contribution in [2.45, 2.75) is 46.8 Å². The highest BCUT2D eigenvalue weighted by Gasteiger charge is 2.77. The van der Waals surface area contributed by atoms with Crippen molar-refractivity contribution in [3.8, 4) is 0 Å². The number of methoxy groups -OCH3 is 1. The molecule has 35 heavy (non-hydrogen) atoms. The molecule has 2 aromatic carbocycles. The van der Waals surface area contributed by atoms with Gasteiger partial charge in [-0.05, 0) is 11.1 Å². The SMILES string of the molecule is CO[C@H]1O[C@H](C(O)S(C)(=O)=O)[C@](O)(S(C)(=O)=O)[C@@](O)(Cc2ccccc2)[C@]1(O)Cc1ccccc1. The van der Waals surface area contributed by atoms with Crippen LogP contribution in [0.2, 0.25) is 0 Å². The zero-order valence-corrected chi connectivity index (χ0v) is 21.1. The van der Waals surface area contributed by atoms with Gasteiger partial charge in [-0.1, -0.05) is 60.7 Å². The highest BCUT2D eigenvalue weighted by Crippen LogP contribution is 2.51. The quantitative estimate of drug-likeness (QED) is 0.346. The largest absolute Gasteiger partial charge is 0.382 e. The van der Waals surface area contributed by atoms with E-state index in [2.05, 4.69) is 0 Å². The van der Waals surface area contributed by atoms with Crippen LogP contribution in [0, 0.1) is 0 Å². The lowest BCUT2D eigenvalue weighted by atomic mass is 9.67. The molecule has 0 spiro atoms. The van der Waals surface area contributed by atoms with E-state index >= 15 is 0 Å². The molecule has 10 nitrogen and oxygen atoms in total. The summed E-state index contributed by atoms with van der Waals surface area (Å²) >= 11 is 0. The van der Waals surface area contributed by atoms with Crippen molar-refractivity contribution in [2.75, 3.05) is 19.6 Å². The second-order valence-electron chi connectivity index (χ2n) is 8.92. The van der Waals surface area contributed by atoms with Gasteiger partial charge in [-0.15, -0.1) is 0 Å². The van der Waals surface area contributed by atoms with Crippen LogP contribution in [0.5, 0.6) is 0 Å². The van der Waals surface area contributed by atoms with E-state index in [9.17, 15) is 37.3 Å². The summed E-state index contributed by atoms with van der Waals surface area (Å²) in [6, 6.07) is 16.2. The molecule has 1 saturated heterocycles. The topological polar surface area (TPSA) is 168 Å². The minimum Gasteiger partial charge on any atom is -0.382 e. The summed E-state index contributed by atoms with van der Waals surface area (Å²) in [6.45, 7) is 0. The first-order chi connectivity index (χ1) is 16.1. The Bertz CT molecular complexity index is 1240. The highest BCUT2D eigenvalue weighted by molar-refractivity contribution is 7.92. The molecule has 1 fully saturated rings. The van der Waals surface area contributed by atoms with Crippen molar-refractivity contribution >= 4 is 19.7 Å². The maximum Gasteiger partial charge on any atom is 0.228 e. The van der Waals surface area contributed by atoms with Crippen LogP contribution in [0.25, 0.3) is 0 Å². The smallest absolute Gasteiger partial charge is 0.228 e. The van der Waals surface area contributed by atoms with E-state index in [1.807, 2.05) is 0 Å². The molecule has 0 bridgehead atoms. The number of ether oxygens (including phenoxy) is 2. The van der Waals surface area contributed by atoms with Gasteiger partial charge in [0.05, 0.1) is 0 Å². The normalized spacial score (nSPS) is 32.8. The summed E-state index contributed by atoms with van der Waals surface area (Å²) in [5, 5.41) is 46.6. The van der Waals surface area contributed by atoms with Crippen LogP contribution in [-0.2, 0) is 42.0 Å². The van der Waals surface area contributed by atoms with Crippen LogP contribution in [-0.4, -0.2) is 90.8 Å². The summed E-state index contributed by atoms with van der Waals surface area (Å²) in [5.74, 6) is 0. The third kappa shape index (κ3) is 4.65. The van der Waals surface area contributed by atoms with Gasteiger partial charge in [0.25, 0.3) is 0 Å². The van der Waals surface area contributed by atoms with Crippen molar-refractivity contribution in [3.05, 3.63) is 71.8 Å². The Morgan fingerprint density at radius 1 is 0.886 bits per heavy atom. The first-order valence-corrected chi connectivity index (χ1v) is 14.5. The number of sulfone groups is 2. The van der Waals surface area contributed by atoms with Crippen molar-refractivity contribution < 1.29 is 46.7 Å². The lowest BCUT2D eigenvalue weighted by Gasteiger charge is -2.60. The van der Waals surface area contributed by atoms with Gasteiger partial charge in [0, 0.05) is 32.5 Å². The number of aliphatic hydroxyl groups is 4. The Labute approximate surface area is 204 Å². The Balaban J connectivity index is 2.36. The van der Waals surface area contributed by atoms with Crippen LogP contribution in [0.4, 0.5) is 0 Å². The predicted molar refractivity (Wildman–Crippen MR) is 127 cm³/mol. The minimum atomic E-state index is -4.86. The molecule has 194 valence electrons. The van der Waals surface area contributed by atoms with Crippen LogP contribution >= 0.6 is 0 Å². The van der Waals surface area contributed by atoms with Crippen LogP contribution in [0.3, 0.4) is 0 Å². The van der Waals surface area contributed by atoms with Gasteiger partial charge in [-0.25, -0.2) is 16.8 Å². The van der Waals surface area contributed by atoms with Crippen molar-refractivity contribution in [3.63, 3.8) is 0 Å². The Morgan fingerprint density at radius 2 is 1.34 bits per heavy atom. The molecular formula is C23H30O10S2. The van der Waals surface area contributed by atoms with Crippen molar-refractivity contribution in [2.24, 2.45) is 0 Å². The summed E-state index contributed by atoms with van der Waals surface area (Å²) in [6.07, 6.45) is -4.20. The predicted octanol–water partition coefficient (Wildman–Crippen LogP) is -0.598. The fraction of sp³-hybridized carbons (Fsp3) is 0.478. The lowest BCUT2D eigenvalue weighted by molar-refractivity contribution is -0.382. The molecule has 12 heteroatoms. The van der Waals surface area contributed by atoms with E-state index in [-0.39, 0.29) is 0 Å². The van der Waals surface area contributed by atoms with E-state index in [4.69, 9.17) is 9.47 Å². The standard InChI is InChI=1S/C23H30O10S2/c1-32-20-21(25,14-16-10-6-4-7-11-16)22(26,15-17-12-8-5-9-13-17)23(27,35(3,30)31)18(33-20)19(24)34(2,28)29/h4-13,18-20,24-27H,14-15H2,1-3H3/t18-,19?,20+,21+,22-,23+/m1/s1. The molecule has 0 aliphatic carbocycles. The number of aliphatic hydroxyl groups excluding tert-OH is 1. The van der Waals surface area contributed by atoms with E-state index in [1.54, 1.807) is 48.5 Å². The maximum absolute atomic E-state index is 13.1. The third-order valence-electron chi connectivity index (χ3n) is 6.45. The second kappa shape index (κ2) is 9.52. The van der Waals surface area contributed by atoms with Crippen molar-refractivity contribution in [1.29, 1.82) is 0 Å². The summed E-state index contributed by atoms with van der Waals surface area (Å²) in [4.78, 5) is -3.49. The number of benzene rings is 2. The molecular weight excluding hydrogens is 500 g/mol. The van der Waals surface area contributed by atoms with Gasteiger partial charge in [-0.3, -0.25) is 0 Å². The molecule has 6 atom stereocenters. The van der Waals surface area contributed by atoms with Gasteiger partial charge in [0.15, 0.2) is 37.0 Å². The Kier molecular flexibility index (Phi) is 7.53. The summed E-state index contributed by atoms with van der Waals surface area (Å²) in [5.41, 5.74) is -7.49. The molecule has 0 radical (unpaired) electrons. The fourth-order valence-electron chi connectivity index (χ4n) is 4.64. The average Bonchev–Trinajstić information content (AvgIpc) is 2.78. The van der Waals surface area contributed by atoms with Crippen LogP contribution in [0.15, 0.2) is 60.7 Å². The molecule has 4 N–H and O–H groups in total. The van der Waals surface area contributed by atoms with Gasteiger partial charge < -0.3 is 29.9 Å². The molecule has 0 amide bonds. The van der Waals surface area contributed by atoms with Gasteiger partial charge in [0.1, 0.15) is 11.7 Å². The fourth-order valence-corrected chi connectivity index (χ4v) is 6.90.